The van der Waals surface area contributed by atoms with Gasteiger partial charge in [0.2, 0.25) is 0 Å². The quantitative estimate of drug-likeness (QED) is 0.708. The molecular formula is C23H18F2N6. The van der Waals surface area contributed by atoms with Crippen LogP contribution in [-0.2, 0) is 0 Å². The third-order valence-electron chi connectivity index (χ3n) is 5.21. The first-order valence-corrected chi connectivity index (χ1v) is 9.95. The second-order valence-corrected chi connectivity index (χ2v) is 7.32. The molecule has 0 amide bonds. The zero-order valence-corrected chi connectivity index (χ0v) is 16.5. The Balaban J connectivity index is 1.64. The number of fused-ring (bicyclic) bond motifs is 1. The summed E-state index contributed by atoms with van der Waals surface area (Å²) in [5, 5.41) is 4.71. The maximum absolute atomic E-state index is 13.8. The molecule has 0 spiro atoms. The van der Waals surface area contributed by atoms with E-state index < -0.39 is 11.6 Å². The van der Waals surface area contributed by atoms with Crippen LogP contribution in [-0.4, -0.2) is 32.7 Å². The summed E-state index contributed by atoms with van der Waals surface area (Å²) in [5.41, 5.74) is 2.22. The van der Waals surface area contributed by atoms with Crippen LogP contribution >= 0.6 is 0 Å². The number of allylic oxidation sites excluding steroid dienone is 1. The van der Waals surface area contributed by atoms with Gasteiger partial charge in [-0.1, -0.05) is 18.2 Å². The SMILES string of the molecule is Fc1ccc(Nc2nc(C3=CCCN=C3)nc3c2=CC(c2cncnc2)CC=3)cc1F. The van der Waals surface area contributed by atoms with Gasteiger partial charge in [-0.2, -0.15) is 0 Å². The van der Waals surface area contributed by atoms with E-state index >= 15 is 0 Å². The van der Waals surface area contributed by atoms with Crippen molar-refractivity contribution in [3.63, 3.8) is 0 Å². The first kappa shape index (κ1) is 19.2. The van der Waals surface area contributed by atoms with E-state index in [2.05, 4.69) is 32.4 Å². The van der Waals surface area contributed by atoms with Crippen molar-refractivity contribution < 1.29 is 8.78 Å². The molecule has 0 saturated heterocycles. The number of aliphatic imine (C=N–C) groups is 1. The summed E-state index contributed by atoms with van der Waals surface area (Å²) in [4.78, 5) is 22.0. The molecule has 8 heteroatoms. The molecule has 3 aromatic rings. The lowest BCUT2D eigenvalue weighted by Gasteiger charge is -2.17. The van der Waals surface area contributed by atoms with Crippen molar-refractivity contribution in [2.45, 2.75) is 18.8 Å². The molecule has 3 heterocycles. The molecule has 5 rings (SSSR count). The Morgan fingerprint density at radius 3 is 2.65 bits per heavy atom. The second-order valence-electron chi connectivity index (χ2n) is 7.32. The Kier molecular flexibility index (Phi) is 5.03. The molecular weight excluding hydrogens is 398 g/mol. The molecule has 0 bridgehead atoms. The number of dihydropyridines is 1. The van der Waals surface area contributed by atoms with Gasteiger partial charge in [0, 0.05) is 53.6 Å². The summed E-state index contributed by atoms with van der Waals surface area (Å²) in [6.07, 6.45) is 14.6. The molecule has 2 aliphatic rings. The van der Waals surface area contributed by atoms with Crippen molar-refractivity contribution in [3.05, 3.63) is 76.6 Å². The van der Waals surface area contributed by atoms with Gasteiger partial charge < -0.3 is 5.32 Å². The Morgan fingerprint density at radius 2 is 1.87 bits per heavy atom. The highest BCUT2D eigenvalue weighted by Gasteiger charge is 2.17. The van der Waals surface area contributed by atoms with Gasteiger partial charge in [-0.05, 0) is 30.5 Å². The maximum Gasteiger partial charge on any atom is 0.163 e. The fourth-order valence-corrected chi connectivity index (χ4v) is 3.64. The van der Waals surface area contributed by atoms with E-state index in [4.69, 9.17) is 9.97 Å². The first-order chi connectivity index (χ1) is 15.2. The third kappa shape index (κ3) is 3.96. The van der Waals surface area contributed by atoms with Crippen molar-refractivity contribution in [1.82, 2.24) is 19.9 Å². The van der Waals surface area contributed by atoms with Crippen LogP contribution < -0.4 is 15.9 Å². The molecule has 1 N–H and O–H groups in total. The van der Waals surface area contributed by atoms with Gasteiger partial charge in [0.1, 0.15) is 12.1 Å². The predicted molar refractivity (Wildman–Crippen MR) is 115 cm³/mol. The number of halogens is 2. The summed E-state index contributed by atoms with van der Waals surface area (Å²) in [7, 11) is 0. The number of nitrogens with one attached hydrogen (secondary N) is 1. The standard InChI is InChI=1S/C23H18F2N6/c24-19-5-4-17(9-20(19)25)29-23-18-8-14(16-11-27-13-28-12-16)3-6-21(18)30-22(31-23)15-2-1-7-26-10-15/h2,4-6,8-14H,1,3,7H2,(H,29,30,31). The van der Waals surface area contributed by atoms with Gasteiger partial charge in [-0.3, -0.25) is 4.99 Å². The zero-order chi connectivity index (χ0) is 21.2. The van der Waals surface area contributed by atoms with E-state index in [1.165, 1.54) is 12.4 Å². The minimum atomic E-state index is -0.926. The van der Waals surface area contributed by atoms with Crippen molar-refractivity contribution >= 4 is 35.4 Å². The summed E-state index contributed by atoms with van der Waals surface area (Å²) in [5.74, 6) is -0.708. The molecule has 1 aliphatic carbocycles. The van der Waals surface area contributed by atoms with Gasteiger partial charge in [0.05, 0.1) is 5.35 Å². The van der Waals surface area contributed by atoms with E-state index in [0.29, 0.717) is 17.3 Å². The molecule has 0 radical (unpaired) electrons. The molecule has 31 heavy (non-hydrogen) atoms. The Hall–Kier alpha value is -3.81. The monoisotopic (exact) mass is 416 g/mol. The average Bonchev–Trinajstić information content (AvgIpc) is 2.82. The molecule has 1 aliphatic heterocycles. The smallest absolute Gasteiger partial charge is 0.163 e. The highest BCUT2D eigenvalue weighted by molar-refractivity contribution is 6.08. The number of nitrogens with zero attached hydrogens (tertiary/aromatic N) is 5. The maximum atomic E-state index is 13.8. The largest absolute Gasteiger partial charge is 0.340 e. The molecule has 0 saturated carbocycles. The van der Waals surface area contributed by atoms with Crippen LogP contribution in [0.3, 0.4) is 0 Å². The van der Waals surface area contributed by atoms with Gasteiger partial charge >= 0.3 is 0 Å². The lowest BCUT2D eigenvalue weighted by atomic mass is 9.93. The van der Waals surface area contributed by atoms with E-state index in [-0.39, 0.29) is 5.92 Å². The molecule has 1 unspecified atom stereocenters. The number of anilines is 2. The van der Waals surface area contributed by atoms with E-state index in [1.807, 2.05) is 6.08 Å². The molecule has 1 atom stereocenters. The van der Waals surface area contributed by atoms with Gasteiger partial charge in [-0.15, -0.1) is 0 Å². The second kappa shape index (κ2) is 8.14. The number of hydrogen-bond acceptors (Lipinski definition) is 6. The number of aromatic nitrogens is 4. The molecule has 154 valence electrons. The zero-order valence-electron chi connectivity index (χ0n) is 16.5. The van der Waals surface area contributed by atoms with Gasteiger partial charge in [0.15, 0.2) is 17.5 Å². The minimum Gasteiger partial charge on any atom is -0.340 e. The Bertz CT molecular complexity index is 1320. The Morgan fingerprint density at radius 1 is 1.00 bits per heavy atom. The summed E-state index contributed by atoms with van der Waals surface area (Å²) >= 11 is 0. The number of benzene rings is 1. The summed E-state index contributed by atoms with van der Waals surface area (Å²) in [6.45, 7) is 0.745. The number of rotatable bonds is 4. The third-order valence-corrected chi connectivity index (χ3v) is 5.21. The van der Waals surface area contributed by atoms with Gasteiger partial charge in [-0.25, -0.2) is 28.7 Å². The fourth-order valence-electron chi connectivity index (χ4n) is 3.64. The lowest BCUT2D eigenvalue weighted by molar-refractivity contribution is 0.509. The summed E-state index contributed by atoms with van der Waals surface area (Å²) in [6, 6.07) is 3.67. The fraction of sp³-hybridized carbons (Fsp3) is 0.174. The predicted octanol–water partition coefficient (Wildman–Crippen LogP) is 2.89. The highest BCUT2D eigenvalue weighted by atomic mass is 19.2. The van der Waals surface area contributed by atoms with Crippen molar-refractivity contribution in [2.75, 3.05) is 11.9 Å². The lowest BCUT2D eigenvalue weighted by Crippen LogP contribution is -2.36. The van der Waals surface area contributed by atoms with Crippen LogP contribution in [0.2, 0.25) is 0 Å². The molecule has 0 fully saturated rings. The minimum absolute atomic E-state index is 0.0594. The topological polar surface area (TPSA) is 76.0 Å². The molecule has 1 aromatic carbocycles. The van der Waals surface area contributed by atoms with Crippen LogP contribution in [0.5, 0.6) is 0 Å². The number of hydrogen-bond donors (Lipinski definition) is 1. The summed E-state index contributed by atoms with van der Waals surface area (Å²) < 4.78 is 27.2. The first-order valence-electron chi connectivity index (χ1n) is 9.95. The highest BCUT2D eigenvalue weighted by Crippen LogP contribution is 2.23. The van der Waals surface area contributed by atoms with Crippen molar-refractivity contribution in [1.29, 1.82) is 0 Å². The molecule has 6 nitrogen and oxygen atoms in total. The van der Waals surface area contributed by atoms with E-state index in [1.54, 1.807) is 18.6 Å². The van der Waals surface area contributed by atoms with Crippen LogP contribution in [0.15, 0.2) is 48.0 Å². The van der Waals surface area contributed by atoms with Crippen LogP contribution in [0, 0.1) is 11.6 Å². The van der Waals surface area contributed by atoms with E-state index in [9.17, 15) is 8.78 Å². The van der Waals surface area contributed by atoms with Crippen LogP contribution in [0.4, 0.5) is 20.3 Å². The van der Waals surface area contributed by atoms with Crippen LogP contribution in [0.1, 0.15) is 30.1 Å². The van der Waals surface area contributed by atoms with Crippen LogP contribution in [0.25, 0.3) is 17.7 Å². The Labute approximate surface area is 176 Å². The normalized spacial score (nSPS) is 17.2. The van der Waals surface area contributed by atoms with E-state index in [0.717, 1.165) is 53.2 Å². The average molecular weight is 416 g/mol. The molecule has 2 aromatic heterocycles. The van der Waals surface area contributed by atoms with Crippen molar-refractivity contribution in [3.8, 4) is 0 Å². The van der Waals surface area contributed by atoms with Gasteiger partial charge in [0.25, 0.3) is 0 Å². The van der Waals surface area contributed by atoms with Crippen molar-refractivity contribution in [2.24, 2.45) is 4.99 Å².